The van der Waals surface area contributed by atoms with Crippen LogP contribution in [0, 0.1) is 0 Å². The second-order valence-corrected chi connectivity index (χ2v) is 7.00. The molecule has 2 unspecified atom stereocenters. The van der Waals surface area contributed by atoms with Crippen LogP contribution >= 0.6 is 0 Å². The summed E-state index contributed by atoms with van der Waals surface area (Å²) in [6.45, 7) is 5.65. The molecule has 1 heterocycles. The van der Waals surface area contributed by atoms with Crippen molar-refractivity contribution in [2.75, 3.05) is 0 Å². The van der Waals surface area contributed by atoms with Gasteiger partial charge >= 0.3 is 5.97 Å². The van der Waals surface area contributed by atoms with E-state index in [9.17, 15) is 4.79 Å². The van der Waals surface area contributed by atoms with Gasteiger partial charge < -0.3 is 10.5 Å². The summed E-state index contributed by atoms with van der Waals surface area (Å²) in [5.41, 5.74) is 8.48. The molecule has 2 aromatic rings. The first-order valence-corrected chi connectivity index (χ1v) is 7.70. The molecule has 1 aliphatic rings. The summed E-state index contributed by atoms with van der Waals surface area (Å²) >= 11 is 0. The van der Waals surface area contributed by atoms with E-state index in [1.54, 1.807) is 0 Å². The number of hydrogen-bond acceptors (Lipinski definition) is 4. The number of rotatable bonds is 1. The lowest BCUT2D eigenvalue weighted by Gasteiger charge is -2.30. The van der Waals surface area contributed by atoms with Crippen molar-refractivity contribution in [3.05, 3.63) is 41.6 Å². The van der Waals surface area contributed by atoms with E-state index in [4.69, 9.17) is 15.5 Å². The molecule has 4 nitrogen and oxygen atoms in total. The van der Waals surface area contributed by atoms with Gasteiger partial charge in [0, 0.05) is 23.5 Å². The van der Waals surface area contributed by atoms with Gasteiger partial charge in [-0.1, -0.05) is 18.2 Å². The molecule has 0 radical (unpaired) electrons. The van der Waals surface area contributed by atoms with Crippen molar-refractivity contribution in [1.29, 1.82) is 0 Å². The van der Waals surface area contributed by atoms with Gasteiger partial charge in [-0.05, 0) is 44.9 Å². The first-order chi connectivity index (χ1) is 10.3. The standard InChI is InChI=1S/C18H22N2O2/c1-18(2,3)22-17(21)14-9-12(19)10-16-13(14)8-11-6-4-5-7-15(11)20-16/h4-8,12,14H,9-10,19H2,1-3H3. The van der Waals surface area contributed by atoms with Crippen LogP contribution in [0.4, 0.5) is 0 Å². The third-order valence-corrected chi connectivity index (χ3v) is 3.90. The zero-order chi connectivity index (χ0) is 15.9. The Bertz CT molecular complexity index is 719. The number of fused-ring (bicyclic) bond motifs is 2. The van der Waals surface area contributed by atoms with E-state index in [1.165, 1.54) is 0 Å². The highest BCUT2D eigenvalue weighted by Crippen LogP contribution is 2.34. The second kappa shape index (κ2) is 5.36. The maximum Gasteiger partial charge on any atom is 0.314 e. The van der Waals surface area contributed by atoms with Crippen molar-refractivity contribution < 1.29 is 9.53 Å². The smallest absolute Gasteiger partial charge is 0.314 e. The number of para-hydroxylation sites is 1. The van der Waals surface area contributed by atoms with Gasteiger partial charge in [0.25, 0.3) is 0 Å². The van der Waals surface area contributed by atoms with Crippen LogP contribution in [0.2, 0.25) is 0 Å². The summed E-state index contributed by atoms with van der Waals surface area (Å²) in [7, 11) is 0. The number of nitrogens with zero attached hydrogens (tertiary/aromatic N) is 1. The Hall–Kier alpha value is -1.94. The van der Waals surface area contributed by atoms with Gasteiger partial charge in [0.1, 0.15) is 5.60 Å². The van der Waals surface area contributed by atoms with Gasteiger partial charge in [0.15, 0.2) is 0 Å². The Kier molecular flexibility index (Phi) is 3.65. The molecule has 2 atom stereocenters. The Morgan fingerprint density at radius 2 is 2.05 bits per heavy atom. The van der Waals surface area contributed by atoms with Crippen molar-refractivity contribution in [3.8, 4) is 0 Å². The first-order valence-electron chi connectivity index (χ1n) is 7.70. The maximum atomic E-state index is 12.6. The fourth-order valence-electron chi connectivity index (χ4n) is 2.99. The molecule has 1 aliphatic carbocycles. The molecule has 4 heteroatoms. The van der Waals surface area contributed by atoms with Crippen molar-refractivity contribution in [2.45, 2.75) is 51.2 Å². The highest BCUT2D eigenvalue weighted by atomic mass is 16.6. The van der Waals surface area contributed by atoms with E-state index in [2.05, 4.69) is 6.07 Å². The van der Waals surface area contributed by atoms with Crippen LogP contribution in [-0.4, -0.2) is 22.6 Å². The number of esters is 1. The summed E-state index contributed by atoms with van der Waals surface area (Å²) in [4.78, 5) is 17.3. The second-order valence-electron chi connectivity index (χ2n) is 7.00. The quantitative estimate of drug-likeness (QED) is 0.822. The monoisotopic (exact) mass is 298 g/mol. The topological polar surface area (TPSA) is 65.2 Å². The molecule has 1 aromatic carbocycles. The Labute approximate surface area is 130 Å². The third-order valence-electron chi connectivity index (χ3n) is 3.90. The number of carbonyl (C=O) groups excluding carboxylic acids is 1. The average molecular weight is 298 g/mol. The van der Waals surface area contributed by atoms with Crippen LogP contribution in [0.15, 0.2) is 30.3 Å². The number of carbonyl (C=O) groups is 1. The largest absolute Gasteiger partial charge is 0.459 e. The van der Waals surface area contributed by atoms with E-state index in [0.29, 0.717) is 12.8 Å². The van der Waals surface area contributed by atoms with E-state index >= 15 is 0 Å². The molecule has 0 saturated carbocycles. The molecule has 3 rings (SSSR count). The molecule has 0 spiro atoms. The SMILES string of the molecule is CC(C)(C)OC(=O)C1CC(N)Cc2nc3ccccc3cc21. The van der Waals surface area contributed by atoms with Crippen LogP contribution in [0.5, 0.6) is 0 Å². The summed E-state index contributed by atoms with van der Waals surface area (Å²) < 4.78 is 5.57. The average Bonchev–Trinajstić information content (AvgIpc) is 2.42. The first kappa shape index (κ1) is 15.0. The molecular formula is C18H22N2O2. The molecule has 116 valence electrons. The van der Waals surface area contributed by atoms with Gasteiger partial charge in [0.05, 0.1) is 11.4 Å². The summed E-state index contributed by atoms with van der Waals surface area (Å²) in [5, 5.41) is 1.05. The molecular weight excluding hydrogens is 276 g/mol. The number of ether oxygens (including phenoxy) is 1. The lowest BCUT2D eigenvalue weighted by Crippen LogP contribution is -2.37. The van der Waals surface area contributed by atoms with Crippen molar-refractivity contribution in [3.63, 3.8) is 0 Å². The molecule has 0 fully saturated rings. The molecule has 0 amide bonds. The fraction of sp³-hybridized carbons (Fsp3) is 0.444. The van der Waals surface area contributed by atoms with Gasteiger partial charge in [-0.15, -0.1) is 0 Å². The maximum absolute atomic E-state index is 12.6. The molecule has 0 saturated heterocycles. The molecule has 22 heavy (non-hydrogen) atoms. The van der Waals surface area contributed by atoms with Crippen molar-refractivity contribution in [1.82, 2.24) is 4.98 Å². The zero-order valence-corrected chi connectivity index (χ0v) is 13.3. The normalized spacial score (nSPS) is 21.5. The van der Waals surface area contributed by atoms with E-state index in [-0.39, 0.29) is 17.9 Å². The van der Waals surface area contributed by atoms with Crippen LogP contribution in [0.3, 0.4) is 0 Å². The number of aromatic nitrogens is 1. The molecule has 0 aliphatic heterocycles. The third kappa shape index (κ3) is 2.97. The minimum absolute atomic E-state index is 0.0568. The van der Waals surface area contributed by atoms with Gasteiger partial charge in [-0.2, -0.15) is 0 Å². The minimum Gasteiger partial charge on any atom is -0.459 e. The predicted octanol–water partition coefficient (Wildman–Crippen LogP) is 2.93. The number of benzene rings is 1. The number of pyridine rings is 1. The van der Waals surface area contributed by atoms with Crippen LogP contribution in [0.25, 0.3) is 10.9 Å². The lowest BCUT2D eigenvalue weighted by molar-refractivity contribution is -0.157. The fourth-order valence-corrected chi connectivity index (χ4v) is 2.99. The van der Waals surface area contributed by atoms with E-state index in [1.807, 2.05) is 45.0 Å². The molecule has 2 N–H and O–H groups in total. The predicted molar refractivity (Wildman–Crippen MR) is 86.6 cm³/mol. The van der Waals surface area contributed by atoms with Gasteiger partial charge in [0.2, 0.25) is 0 Å². The van der Waals surface area contributed by atoms with Crippen LogP contribution in [-0.2, 0) is 16.0 Å². The van der Waals surface area contributed by atoms with Crippen LogP contribution < -0.4 is 5.73 Å². The van der Waals surface area contributed by atoms with Gasteiger partial charge in [-0.3, -0.25) is 9.78 Å². The highest BCUT2D eigenvalue weighted by Gasteiger charge is 2.34. The molecule has 0 bridgehead atoms. The summed E-state index contributed by atoms with van der Waals surface area (Å²) in [6, 6.07) is 9.96. The Balaban J connectivity index is 2.04. The van der Waals surface area contributed by atoms with Crippen molar-refractivity contribution >= 4 is 16.9 Å². The molecule has 1 aromatic heterocycles. The number of hydrogen-bond donors (Lipinski definition) is 1. The Morgan fingerprint density at radius 1 is 1.32 bits per heavy atom. The summed E-state index contributed by atoms with van der Waals surface area (Å²) in [5.74, 6) is -0.531. The zero-order valence-electron chi connectivity index (χ0n) is 13.3. The van der Waals surface area contributed by atoms with Crippen molar-refractivity contribution in [2.24, 2.45) is 5.73 Å². The van der Waals surface area contributed by atoms with Crippen LogP contribution in [0.1, 0.15) is 44.4 Å². The Morgan fingerprint density at radius 3 is 2.77 bits per heavy atom. The minimum atomic E-state index is -0.497. The number of nitrogens with two attached hydrogens (primary N) is 1. The van der Waals surface area contributed by atoms with Gasteiger partial charge in [-0.25, -0.2) is 0 Å². The lowest BCUT2D eigenvalue weighted by atomic mass is 9.82. The van der Waals surface area contributed by atoms with E-state index < -0.39 is 5.60 Å². The highest BCUT2D eigenvalue weighted by molar-refractivity contribution is 5.84. The summed E-state index contributed by atoms with van der Waals surface area (Å²) in [6.07, 6.45) is 1.32. The van der Waals surface area contributed by atoms with E-state index in [0.717, 1.165) is 22.2 Å².